The Morgan fingerprint density at radius 3 is 2.55 bits per heavy atom. The highest BCUT2D eigenvalue weighted by Crippen LogP contribution is 2.16. The summed E-state index contributed by atoms with van der Waals surface area (Å²) in [4.78, 5) is 11.3. The number of benzene rings is 1. The van der Waals surface area contributed by atoms with E-state index < -0.39 is 35.8 Å². The number of alkyl carbamates (subject to hydrolysis) is 1. The van der Waals surface area contributed by atoms with Crippen molar-refractivity contribution in [3.63, 3.8) is 0 Å². The Morgan fingerprint density at radius 2 is 1.95 bits per heavy atom. The summed E-state index contributed by atoms with van der Waals surface area (Å²) in [7, 11) is 0. The summed E-state index contributed by atoms with van der Waals surface area (Å²) in [6.45, 7) is 4.58. The van der Waals surface area contributed by atoms with Crippen molar-refractivity contribution >= 4 is 6.09 Å². The van der Waals surface area contributed by atoms with E-state index >= 15 is 0 Å². The highest BCUT2D eigenvalue weighted by molar-refractivity contribution is 5.67. The molecule has 0 saturated heterocycles. The second kappa shape index (κ2) is 7.72. The molecule has 0 aliphatic rings. The second-order valence-corrected chi connectivity index (χ2v) is 5.40. The van der Waals surface area contributed by atoms with Crippen LogP contribution in [0.5, 0.6) is 5.75 Å². The van der Waals surface area contributed by atoms with Crippen molar-refractivity contribution in [2.75, 3.05) is 13.2 Å². The molecule has 0 aliphatic carbocycles. The highest BCUT2D eigenvalue weighted by Gasteiger charge is 2.15. The van der Waals surface area contributed by atoms with Crippen LogP contribution in [-0.4, -0.2) is 24.8 Å². The van der Waals surface area contributed by atoms with E-state index in [4.69, 9.17) is 9.47 Å². The predicted octanol–water partition coefficient (Wildman–Crippen LogP) is 3.72. The van der Waals surface area contributed by atoms with Crippen LogP contribution in [0.4, 0.5) is 18.0 Å². The molecule has 22 heavy (non-hydrogen) atoms. The average Bonchev–Trinajstić information content (AvgIpc) is 2.38. The molecule has 7 heteroatoms. The minimum atomic E-state index is -1.08. The van der Waals surface area contributed by atoms with Gasteiger partial charge in [-0.2, -0.15) is 0 Å². The Hall–Kier alpha value is -2.18. The summed E-state index contributed by atoms with van der Waals surface area (Å²) in [5.74, 6) is -2.75. The summed E-state index contributed by atoms with van der Waals surface area (Å²) in [5.41, 5.74) is -0.637. The van der Waals surface area contributed by atoms with Gasteiger partial charge in [-0.15, -0.1) is 0 Å². The van der Waals surface area contributed by atoms with Crippen LogP contribution in [0.3, 0.4) is 0 Å². The molecule has 0 saturated carbocycles. The lowest BCUT2D eigenvalue weighted by molar-refractivity contribution is 0.0534. The fraction of sp³-hybridized carbons (Fsp3) is 0.400. The molecule has 0 bridgehead atoms. The molecule has 0 aromatic heterocycles. The third-order valence-electron chi connectivity index (χ3n) is 2.24. The summed E-state index contributed by atoms with van der Waals surface area (Å²) < 4.78 is 48.9. The van der Waals surface area contributed by atoms with Crippen molar-refractivity contribution in [3.8, 4) is 5.75 Å². The van der Waals surface area contributed by atoms with Crippen molar-refractivity contribution in [1.82, 2.24) is 5.32 Å². The molecule has 0 aliphatic heterocycles. The van der Waals surface area contributed by atoms with E-state index in [0.717, 1.165) is 18.2 Å². The van der Waals surface area contributed by atoms with Crippen molar-refractivity contribution < 1.29 is 27.4 Å². The number of rotatable bonds is 5. The van der Waals surface area contributed by atoms with Crippen molar-refractivity contribution in [2.45, 2.75) is 26.4 Å². The summed E-state index contributed by atoms with van der Waals surface area (Å²) in [5, 5.41) is 2.34. The molecule has 0 atom stereocenters. The lowest BCUT2D eigenvalue weighted by Crippen LogP contribution is -2.32. The zero-order chi connectivity index (χ0) is 16.8. The molecule has 0 fully saturated rings. The zero-order valence-electron chi connectivity index (χ0n) is 12.6. The largest absolute Gasteiger partial charge is 0.486 e. The average molecular weight is 317 g/mol. The van der Waals surface area contributed by atoms with E-state index in [9.17, 15) is 18.0 Å². The van der Waals surface area contributed by atoms with Crippen molar-refractivity contribution in [2.24, 2.45) is 0 Å². The molecule has 122 valence electrons. The van der Waals surface area contributed by atoms with Gasteiger partial charge in [0.1, 0.15) is 23.8 Å². The van der Waals surface area contributed by atoms with E-state index in [1.54, 1.807) is 20.8 Å². The molecule has 0 radical (unpaired) electrons. The molecule has 1 amide bonds. The first-order valence-electron chi connectivity index (χ1n) is 6.56. The van der Waals surface area contributed by atoms with E-state index in [1.165, 1.54) is 6.07 Å². The molecule has 0 heterocycles. The van der Waals surface area contributed by atoms with E-state index in [1.807, 2.05) is 0 Å². The first-order chi connectivity index (χ1) is 10.2. The Balaban J connectivity index is 2.37. The highest BCUT2D eigenvalue weighted by atomic mass is 19.2. The number of carbonyl (C=O) groups is 1. The van der Waals surface area contributed by atoms with Gasteiger partial charge in [-0.1, -0.05) is 0 Å². The molecular weight excluding hydrogens is 299 g/mol. The molecular formula is C15H18F3NO3. The smallest absolute Gasteiger partial charge is 0.407 e. The number of ether oxygens (including phenoxy) is 2. The fourth-order valence-electron chi connectivity index (χ4n) is 1.34. The molecule has 1 rings (SSSR count). The summed E-state index contributed by atoms with van der Waals surface area (Å²) in [6.07, 6.45) is 0.419. The van der Waals surface area contributed by atoms with E-state index in [2.05, 4.69) is 5.32 Å². The van der Waals surface area contributed by atoms with Crippen LogP contribution in [0.25, 0.3) is 0 Å². The van der Waals surface area contributed by atoms with Gasteiger partial charge < -0.3 is 14.8 Å². The normalized spacial score (nSPS) is 12.0. The number of carbonyl (C=O) groups excluding carboxylic acids is 1. The van der Waals surface area contributed by atoms with Gasteiger partial charge in [-0.25, -0.2) is 18.0 Å². The molecule has 1 aromatic rings. The van der Waals surface area contributed by atoms with Gasteiger partial charge in [0, 0.05) is 12.6 Å². The number of hydrogen-bond donors (Lipinski definition) is 1. The van der Waals surface area contributed by atoms with Crippen LogP contribution in [0.2, 0.25) is 0 Å². The first-order valence-corrected chi connectivity index (χ1v) is 6.56. The Labute approximate surface area is 126 Å². The third-order valence-corrected chi connectivity index (χ3v) is 2.24. The standard InChI is InChI=1S/C15H18F3NO3/c1-15(2,3)22-14(20)19-7-6-10(16)9-21-11-4-5-12(17)13(18)8-11/h4-6,8H,7,9H2,1-3H3,(H,19,20)/b10-6-. The van der Waals surface area contributed by atoms with Crippen LogP contribution in [-0.2, 0) is 4.74 Å². The van der Waals surface area contributed by atoms with Gasteiger partial charge in [-0.3, -0.25) is 0 Å². The quantitative estimate of drug-likeness (QED) is 0.900. The Bertz CT molecular complexity index is 553. The molecule has 1 N–H and O–H groups in total. The predicted molar refractivity (Wildman–Crippen MR) is 75.3 cm³/mol. The minimum Gasteiger partial charge on any atom is -0.486 e. The minimum absolute atomic E-state index is 0.00236. The van der Waals surface area contributed by atoms with Crippen LogP contribution in [0.15, 0.2) is 30.1 Å². The monoisotopic (exact) mass is 317 g/mol. The van der Waals surface area contributed by atoms with E-state index in [-0.39, 0.29) is 12.3 Å². The van der Waals surface area contributed by atoms with Crippen molar-refractivity contribution in [1.29, 1.82) is 0 Å². The summed E-state index contributed by atoms with van der Waals surface area (Å²) in [6, 6.07) is 2.89. The van der Waals surface area contributed by atoms with Gasteiger partial charge in [0.2, 0.25) is 0 Å². The van der Waals surface area contributed by atoms with Gasteiger partial charge >= 0.3 is 6.09 Å². The molecule has 0 unspecified atom stereocenters. The van der Waals surface area contributed by atoms with Gasteiger partial charge in [-0.05, 0) is 39.0 Å². The van der Waals surface area contributed by atoms with Gasteiger partial charge in [0.25, 0.3) is 0 Å². The Morgan fingerprint density at radius 1 is 1.27 bits per heavy atom. The second-order valence-electron chi connectivity index (χ2n) is 5.40. The summed E-state index contributed by atoms with van der Waals surface area (Å²) >= 11 is 0. The van der Waals surface area contributed by atoms with Crippen LogP contribution in [0, 0.1) is 11.6 Å². The maximum atomic E-state index is 13.4. The maximum Gasteiger partial charge on any atom is 0.407 e. The first kappa shape index (κ1) is 17.9. The van der Waals surface area contributed by atoms with Crippen LogP contribution in [0.1, 0.15) is 20.8 Å². The van der Waals surface area contributed by atoms with Crippen LogP contribution >= 0.6 is 0 Å². The fourth-order valence-corrected chi connectivity index (χ4v) is 1.34. The number of amides is 1. The van der Waals surface area contributed by atoms with Gasteiger partial charge in [0.05, 0.1) is 0 Å². The lowest BCUT2D eigenvalue weighted by atomic mass is 10.2. The van der Waals surface area contributed by atoms with E-state index in [0.29, 0.717) is 0 Å². The number of nitrogens with one attached hydrogen (secondary N) is 1. The molecule has 0 spiro atoms. The third kappa shape index (κ3) is 7.01. The lowest BCUT2D eigenvalue weighted by Gasteiger charge is -2.19. The number of hydrogen-bond acceptors (Lipinski definition) is 3. The molecule has 1 aromatic carbocycles. The number of halogens is 3. The SMILES string of the molecule is CC(C)(C)OC(=O)NC/C=C(\F)COc1ccc(F)c(F)c1. The molecule has 4 nitrogen and oxygen atoms in total. The van der Waals surface area contributed by atoms with Gasteiger partial charge in [0.15, 0.2) is 11.6 Å². The zero-order valence-corrected chi connectivity index (χ0v) is 12.6. The van der Waals surface area contributed by atoms with Crippen LogP contribution < -0.4 is 10.1 Å². The Kier molecular flexibility index (Phi) is 6.27. The maximum absolute atomic E-state index is 13.4. The topological polar surface area (TPSA) is 47.6 Å². The van der Waals surface area contributed by atoms with Crippen molar-refractivity contribution in [3.05, 3.63) is 41.7 Å².